The van der Waals surface area contributed by atoms with E-state index >= 15 is 0 Å². The highest BCUT2D eigenvalue weighted by Gasteiger charge is 2.24. The normalized spacial score (nSPS) is 13.2. The molecule has 0 radical (unpaired) electrons. The van der Waals surface area contributed by atoms with Crippen molar-refractivity contribution in [1.82, 2.24) is 10.3 Å². The molecule has 1 atom stereocenters. The van der Waals surface area contributed by atoms with E-state index < -0.39 is 18.0 Å². The summed E-state index contributed by atoms with van der Waals surface area (Å²) in [6.45, 7) is 5.28. The van der Waals surface area contributed by atoms with Gasteiger partial charge in [0.05, 0.1) is 11.6 Å². The smallest absolute Gasteiger partial charge is 0.414 e. The molecular weight excluding hydrogens is 536 g/mol. The van der Waals surface area contributed by atoms with E-state index in [9.17, 15) is 9.90 Å². The Morgan fingerprint density at radius 2 is 1.55 bits per heavy atom. The molecule has 0 bridgehead atoms. The summed E-state index contributed by atoms with van der Waals surface area (Å²) in [4.78, 5) is 33.2. The van der Waals surface area contributed by atoms with Gasteiger partial charge in [-0.15, -0.1) is 0 Å². The highest BCUT2D eigenvalue weighted by Crippen LogP contribution is 2.31. The molecule has 0 fully saturated rings. The van der Waals surface area contributed by atoms with Gasteiger partial charge < -0.3 is 30.4 Å². The van der Waals surface area contributed by atoms with Crippen molar-refractivity contribution < 1.29 is 29.6 Å². The van der Waals surface area contributed by atoms with Crippen LogP contribution in [0.2, 0.25) is 0 Å². The minimum atomic E-state index is -1.82. The SMILES string of the molecule is CCc1cc2c(cc1CC)CC(NCC(O)c1ccc(OCc3ccccc3)c3[nH]c(=O)ccc13)C2.O=C(O)C(=O)O. The van der Waals surface area contributed by atoms with Crippen molar-refractivity contribution in [2.45, 2.75) is 58.3 Å². The van der Waals surface area contributed by atoms with Crippen LogP contribution in [0, 0.1) is 0 Å². The molecule has 3 aromatic carbocycles. The number of aryl methyl sites for hydroxylation is 2. The van der Waals surface area contributed by atoms with Gasteiger partial charge in [-0.1, -0.05) is 62.4 Å². The number of nitrogens with one attached hydrogen (secondary N) is 2. The zero-order valence-corrected chi connectivity index (χ0v) is 23.7. The van der Waals surface area contributed by atoms with E-state index in [1.807, 2.05) is 42.5 Å². The summed E-state index contributed by atoms with van der Waals surface area (Å²) in [6, 6.07) is 22.0. The summed E-state index contributed by atoms with van der Waals surface area (Å²) >= 11 is 0. The summed E-state index contributed by atoms with van der Waals surface area (Å²) in [6.07, 6.45) is 3.39. The number of hydrogen-bond acceptors (Lipinski definition) is 6. The van der Waals surface area contributed by atoms with Crippen molar-refractivity contribution in [3.8, 4) is 5.75 Å². The first-order valence-electron chi connectivity index (χ1n) is 14.0. The van der Waals surface area contributed by atoms with E-state index in [2.05, 4.69) is 36.3 Å². The van der Waals surface area contributed by atoms with Crippen LogP contribution in [0.1, 0.15) is 53.3 Å². The second kappa shape index (κ2) is 13.9. The first kappa shape index (κ1) is 30.5. The Kier molecular flexibility index (Phi) is 10.1. The average Bonchev–Trinajstić information content (AvgIpc) is 3.40. The van der Waals surface area contributed by atoms with E-state index in [0.717, 1.165) is 42.2 Å². The van der Waals surface area contributed by atoms with Crippen LogP contribution >= 0.6 is 0 Å². The molecule has 4 aromatic rings. The van der Waals surface area contributed by atoms with Crippen LogP contribution in [-0.4, -0.2) is 44.8 Å². The maximum Gasteiger partial charge on any atom is 0.414 e. The number of ether oxygens (including phenoxy) is 1. The largest absolute Gasteiger partial charge is 0.487 e. The Morgan fingerprint density at radius 3 is 2.12 bits per heavy atom. The van der Waals surface area contributed by atoms with E-state index in [-0.39, 0.29) is 5.56 Å². The third-order valence-corrected chi connectivity index (χ3v) is 7.49. The number of fused-ring (bicyclic) bond motifs is 2. The molecule has 1 heterocycles. The van der Waals surface area contributed by atoms with Gasteiger partial charge in [-0.2, -0.15) is 0 Å². The van der Waals surface area contributed by atoms with Crippen molar-refractivity contribution >= 4 is 22.8 Å². The van der Waals surface area contributed by atoms with Crippen molar-refractivity contribution in [3.63, 3.8) is 0 Å². The number of aliphatic hydroxyl groups excluding tert-OH is 1. The van der Waals surface area contributed by atoms with Crippen LogP contribution in [0.3, 0.4) is 0 Å². The topological polar surface area (TPSA) is 149 Å². The summed E-state index contributed by atoms with van der Waals surface area (Å²) in [5.74, 6) is -3.05. The molecule has 0 aliphatic heterocycles. The average molecular weight is 573 g/mol. The van der Waals surface area contributed by atoms with Gasteiger partial charge in [0.15, 0.2) is 0 Å². The Morgan fingerprint density at radius 1 is 0.929 bits per heavy atom. The van der Waals surface area contributed by atoms with Gasteiger partial charge in [-0.25, -0.2) is 9.59 Å². The lowest BCUT2D eigenvalue weighted by molar-refractivity contribution is -0.159. The molecule has 1 unspecified atom stereocenters. The van der Waals surface area contributed by atoms with E-state index in [1.54, 1.807) is 6.07 Å². The molecule has 5 N–H and O–H groups in total. The van der Waals surface area contributed by atoms with E-state index in [1.165, 1.54) is 28.3 Å². The summed E-state index contributed by atoms with van der Waals surface area (Å²) in [7, 11) is 0. The van der Waals surface area contributed by atoms with Gasteiger partial charge in [0.25, 0.3) is 0 Å². The van der Waals surface area contributed by atoms with Crippen molar-refractivity contribution in [2.24, 2.45) is 0 Å². The van der Waals surface area contributed by atoms with Gasteiger partial charge in [-0.3, -0.25) is 4.79 Å². The molecule has 0 saturated carbocycles. The van der Waals surface area contributed by atoms with Crippen molar-refractivity contribution in [2.75, 3.05) is 6.54 Å². The third-order valence-electron chi connectivity index (χ3n) is 7.49. The molecule has 9 nitrogen and oxygen atoms in total. The lowest BCUT2D eigenvalue weighted by Gasteiger charge is -2.19. The van der Waals surface area contributed by atoms with Gasteiger partial charge in [0, 0.05) is 24.0 Å². The van der Waals surface area contributed by atoms with Crippen molar-refractivity contribution in [1.29, 1.82) is 0 Å². The molecule has 1 aliphatic rings. The zero-order chi connectivity index (χ0) is 30.2. The van der Waals surface area contributed by atoms with Gasteiger partial charge >= 0.3 is 11.9 Å². The fraction of sp³-hybridized carbons (Fsp3) is 0.303. The number of aromatic nitrogens is 1. The lowest BCUT2D eigenvalue weighted by atomic mass is 9.97. The number of carboxylic acid groups (broad SMARTS) is 2. The highest BCUT2D eigenvalue weighted by molar-refractivity contribution is 6.27. The number of aliphatic hydroxyl groups is 1. The first-order chi connectivity index (χ1) is 20.2. The maximum absolute atomic E-state index is 12.1. The lowest BCUT2D eigenvalue weighted by Crippen LogP contribution is -2.33. The number of H-pyrrole nitrogens is 1. The fourth-order valence-corrected chi connectivity index (χ4v) is 5.36. The predicted molar refractivity (Wildman–Crippen MR) is 160 cm³/mol. The minimum Gasteiger partial charge on any atom is -0.487 e. The number of aromatic amines is 1. The predicted octanol–water partition coefficient (Wildman–Crippen LogP) is 4.18. The maximum atomic E-state index is 12.1. The molecule has 0 spiro atoms. The van der Waals surface area contributed by atoms with Crippen molar-refractivity contribution in [3.05, 3.63) is 110 Å². The number of pyridine rings is 1. The summed E-state index contributed by atoms with van der Waals surface area (Å²) < 4.78 is 6.04. The number of hydrogen-bond donors (Lipinski definition) is 5. The molecule has 0 saturated heterocycles. The molecule has 5 rings (SSSR count). The van der Waals surface area contributed by atoms with Crippen LogP contribution in [0.15, 0.2) is 71.5 Å². The molecule has 1 aromatic heterocycles. The Hall–Kier alpha value is -4.47. The molecule has 220 valence electrons. The van der Waals surface area contributed by atoms with Crippen LogP contribution in [-0.2, 0) is 41.9 Å². The van der Waals surface area contributed by atoms with Gasteiger partial charge in [-0.05, 0) is 71.2 Å². The molecule has 42 heavy (non-hydrogen) atoms. The fourth-order valence-electron chi connectivity index (χ4n) is 5.36. The van der Waals surface area contributed by atoms with Crippen LogP contribution in [0.5, 0.6) is 5.75 Å². The summed E-state index contributed by atoms with van der Waals surface area (Å²) in [5.41, 5.74) is 8.00. The van der Waals surface area contributed by atoms with Crippen LogP contribution in [0.25, 0.3) is 10.9 Å². The van der Waals surface area contributed by atoms with Gasteiger partial charge in [0.1, 0.15) is 12.4 Å². The quantitative estimate of drug-likeness (QED) is 0.188. The standard InChI is InChI=1S/C31H34N2O3.C2H2O4/c1-3-21-14-23-16-25(17-24(23)15-22(21)4-2)32-18-28(34)26-10-12-29(31-27(26)11-13-30(35)33-31)36-19-20-8-6-5-7-9-20;3-1(4)2(5)6/h5-15,25,28,32,34H,3-4,16-19H2,1-2H3,(H,33,35);(H,3,4)(H,5,6). The molecule has 9 heteroatoms. The van der Waals surface area contributed by atoms with Crippen LogP contribution in [0.4, 0.5) is 0 Å². The minimum absolute atomic E-state index is 0.196. The van der Waals surface area contributed by atoms with Crippen LogP contribution < -0.4 is 15.6 Å². The monoisotopic (exact) mass is 572 g/mol. The Balaban J connectivity index is 0.000000612. The summed E-state index contributed by atoms with van der Waals surface area (Å²) in [5, 5.41) is 30.3. The third kappa shape index (κ3) is 7.43. The Bertz CT molecular complexity index is 1570. The van der Waals surface area contributed by atoms with E-state index in [0.29, 0.717) is 30.5 Å². The van der Waals surface area contributed by atoms with Gasteiger partial charge in [0.2, 0.25) is 5.56 Å². The molecule has 1 aliphatic carbocycles. The number of aliphatic carboxylic acids is 2. The second-order valence-corrected chi connectivity index (χ2v) is 10.3. The number of carboxylic acids is 2. The number of carbonyl (C=O) groups is 2. The second-order valence-electron chi connectivity index (χ2n) is 10.3. The Labute approximate surface area is 243 Å². The highest BCUT2D eigenvalue weighted by atomic mass is 16.5. The number of benzene rings is 3. The number of rotatable bonds is 9. The van der Waals surface area contributed by atoms with E-state index in [4.69, 9.17) is 24.5 Å². The molecular formula is C33H36N2O7. The molecule has 0 amide bonds. The first-order valence-corrected chi connectivity index (χ1v) is 14.0. The zero-order valence-electron chi connectivity index (χ0n) is 23.7.